The van der Waals surface area contributed by atoms with Crippen molar-refractivity contribution in [3.63, 3.8) is 0 Å². The number of rotatable bonds is 11. The summed E-state index contributed by atoms with van der Waals surface area (Å²) in [6, 6.07) is -3.48. The van der Waals surface area contributed by atoms with E-state index in [-0.39, 0.29) is 28.9 Å². The number of primary amides is 1. The van der Waals surface area contributed by atoms with Gasteiger partial charge in [-0.1, -0.05) is 59.3 Å². The van der Waals surface area contributed by atoms with Crippen LogP contribution in [0.2, 0.25) is 0 Å². The normalized spacial score (nSPS) is 27.5. The monoisotopic (exact) mass is 677 g/mol. The van der Waals surface area contributed by atoms with Crippen molar-refractivity contribution in [1.29, 1.82) is 0 Å². The van der Waals surface area contributed by atoms with E-state index in [1.807, 2.05) is 20.8 Å². The van der Waals surface area contributed by atoms with Gasteiger partial charge < -0.3 is 26.6 Å². The highest BCUT2D eigenvalue weighted by atomic mass is 32.2. The Morgan fingerprint density at radius 2 is 1.51 bits per heavy atom. The van der Waals surface area contributed by atoms with Crippen LogP contribution in [0, 0.1) is 28.6 Å². The number of carbonyl (C=O) groups is 5. The number of amides is 5. The summed E-state index contributed by atoms with van der Waals surface area (Å²) in [6.07, 6.45) is 8.78. The van der Waals surface area contributed by atoms with Gasteiger partial charge in [-0.2, -0.15) is 0 Å². The minimum Gasteiger partial charge on any atom is -0.363 e. The van der Waals surface area contributed by atoms with E-state index < -0.39 is 73.2 Å². The van der Waals surface area contributed by atoms with Crippen LogP contribution in [-0.2, 0) is 29.0 Å². The maximum Gasteiger partial charge on any atom is 0.315 e. The van der Waals surface area contributed by atoms with Crippen molar-refractivity contribution in [2.24, 2.45) is 34.3 Å². The van der Waals surface area contributed by atoms with Crippen molar-refractivity contribution in [1.82, 2.24) is 20.9 Å². The first-order valence-electron chi connectivity index (χ1n) is 17.5. The Balaban J connectivity index is 1.34. The fourth-order valence-corrected chi connectivity index (χ4v) is 9.92. The molecule has 0 bridgehead atoms. The molecule has 0 aromatic rings. The summed E-state index contributed by atoms with van der Waals surface area (Å²) in [6.45, 7) is 10.9. The second kappa shape index (κ2) is 12.3. The van der Waals surface area contributed by atoms with Crippen molar-refractivity contribution in [3.05, 3.63) is 0 Å². The maximum absolute atomic E-state index is 14.4. The Labute approximate surface area is 279 Å². The zero-order chi connectivity index (χ0) is 34.7. The Hall–Kier alpha value is -2.70. The molecule has 1 spiro atoms. The fourth-order valence-electron chi connectivity index (χ4n) is 8.40. The molecule has 1 unspecified atom stereocenters. The summed E-state index contributed by atoms with van der Waals surface area (Å²) in [4.78, 5) is 68.2. The molecule has 0 aromatic heterocycles. The molecule has 4 aliphatic carbocycles. The van der Waals surface area contributed by atoms with Gasteiger partial charge in [-0.15, -0.1) is 0 Å². The molecule has 0 radical (unpaired) electrons. The lowest BCUT2D eigenvalue weighted by molar-refractivity contribution is -0.145. The first kappa shape index (κ1) is 35.6. The van der Waals surface area contributed by atoms with E-state index in [0.717, 1.165) is 51.4 Å². The predicted molar refractivity (Wildman–Crippen MR) is 177 cm³/mol. The lowest BCUT2D eigenvalue weighted by Gasteiger charge is -2.41. The molecule has 264 valence electrons. The van der Waals surface area contributed by atoms with E-state index in [0.29, 0.717) is 25.8 Å². The average Bonchev–Trinajstić information content (AvgIpc) is 3.79. The third-order valence-electron chi connectivity index (χ3n) is 11.8. The van der Waals surface area contributed by atoms with Crippen molar-refractivity contribution < 1.29 is 32.4 Å². The van der Waals surface area contributed by atoms with Gasteiger partial charge in [-0.3, -0.25) is 19.2 Å². The Morgan fingerprint density at radius 1 is 0.894 bits per heavy atom. The van der Waals surface area contributed by atoms with Crippen LogP contribution in [-0.4, -0.2) is 83.6 Å². The first-order valence-corrected chi connectivity index (χ1v) is 19.1. The zero-order valence-electron chi connectivity index (χ0n) is 28.9. The van der Waals surface area contributed by atoms with Crippen molar-refractivity contribution in [2.45, 2.75) is 141 Å². The number of Topliss-reactive ketones (excluding diaryl/α,β-unsaturated/α-hetero) is 1. The largest absolute Gasteiger partial charge is 0.363 e. The summed E-state index contributed by atoms with van der Waals surface area (Å²) >= 11 is 0. The van der Waals surface area contributed by atoms with Gasteiger partial charge in [0.05, 0.1) is 22.1 Å². The third kappa shape index (κ3) is 7.06. The third-order valence-corrected chi connectivity index (χ3v) is 14.6. The highest BCUT2D eigenvalue weighted by Gasteiger charge is 2.79. The zero-order valence-corrected chi connectivity index (χ0v) is 29.8. The highest BCUT2D eigenvalue weighted by Crippen LogP contribution is 2.78. The molecule has 0 aromatic carbocycles. The van der Waals surface area contributed by atoms with Crippen LogP contribution in [0.1, 0.15) is 112 Å². The number of piperidine rings is 1. The number of urea groups is 1. The molecule has 13 heteroatoms. The maximum atomic E-state index is 14.4. The number of fused-ring (bicyclic) bond motifs is 3. The lowest BCUT2D eigenvalue weighted by Crippen LogP contribution is -2.64. The summed E-state index contributed by atoms with van der Waals surface area (Å²) in [5.41, 5.74) is 3.70. The van der Waals surface area contributed by atoms with Gasteiger partial charge in [0.25, 0.3) is 5.91 Å². The molecule has 5 fully saturated rings. The van der Waals surface area contributed by atoms with Gasteiger partial charge in [-0.05, 0) is 81.5 Å². The van der Waals surface area contributed by atoms with Crippen LogP contribution in [0.4, 0.5) is 4.79 Å². The standard InChI is InChI=1S/C34H55N5O7S/c1-31(2,3)26(37-30(44)38-33(13-8-7-9-14-33)19-47(45,46)32(4,5)6)29(43)39-18-21-23(34(21)15-16-34)24(39)28(42)36-22(25(40)27(35)41)17-20-11-10-12-20/h20-24,26H,7-19H2,1-6H3,(H2,35,41)(H,36,42)(H2,37,38,44)/t21-,22?,23-,24-,26+/m0/s1. The van der Waals surface area contributed by atoms with Crippen LogP contribution in [0.15, 0.2) is 0 Å². The number of nitrogens with two attached hydrogens (primary N) is 1. The topological polar surface area (TPSA) is 185 Å². The second-order valence-electron chi connectivity index (χ2n) is 17.2. The first-order chi connectivity index (χ1) is 21.7. The lowest BCUT2D eigenvalue weighted by atomic mass is 9.80. The molecule has 1 aliphatic heterocycles. The number of ketones is 1. The molecule has 5 atom stereocenters. The van der Waals surface area contributed by atoms with E-state index in [2.05, 4.69) is 16.0 Å². The predicted octanol–water partition coefficient (Wildman–Crippen LogP) is 2.58. The quantitative estimate of drug-likeness (QED) is 0.242. The molecular weight excluding hydrogens is 622 g/mol. The number of likely N-dealkylation sites (tertiary alicyclic amines) is 1. The Morgan fingerprint density at radius 3 is 2.00 bits per heavy atom. The van der Waals surface area contributed by atoms with E-state index in [9.17, 15) is 32.4 Å². The molecule has 5 aliphatic rings. The Kier molecular flexibility index (Phi) is 9.33. The van der Waals surface area contributed by atoms with E-state index in [1.165, 1.54) is 0 Å². The van der Waals surface area contributed by atoms with Crippen molar-refractivity contribution >= 4 is 39.4 Å². The van der Waals surface area contributed by atoms with Gasteiger partial charge >= 0.3 is 6.03 Å². The minimum atomic E-state index is -3.55. The summed E-state index contributed by atoms with van der Waals surface area (Å²) in [5, 5.41) is 8.71. The molecule has 12 nitrogen and oxygen atoms in total. The minimum absolute atomic E-state index is 0.0398. The summed E-state index contributed by atoms with van der Waals surface area (Å²) < 4.78 is 25.6. The van der Waals surface area contributed by atoms with Crippen LogP contribution in [0.5, 0.6) is 0 Å². The van der Waals surface area contributed by atoms with Crippen LogP contribution < -0.4 is 21.7 Å². The molecular formula is C34H55N5O7S. The highest BCUT2D eigenvalue weighted by molar-refractivity contribution is 7.92. The number of hydrogen-bond acceptors (Lipinski definition) is 7. The number of nitrogens with one attached hydrogen (secondary N) is 3. The summed E-state index contributed by atoms with van der Waals surface area (Å²) in [7, 11) is -3.55. The SMILES string of the molecule is CC(C)(C)[C@H](NC(=O)NC1(CS(=O)(=O)C(C)(C)C)CCCCC1)C(=O)N1C[C@H]2[C@@H]([C@H]1C(=O)NC(CC1CCC1)C(=O)C(N)=O)C21CC1. The van der Waals surface area contributed by atoms with E-state index in [1.54, 1.807) is 25.7 Å². The van der Waals surface area contributed by atoms with E-state index in [4.69, 9.17) is 5.73 Å². The number of carbonyl (C=O) groups excluding carboxylic acids is 5. The molecule has 5 amide bonds. The smallest absolute Gasteiger partial charge is 0.315 e. The van der Waals surface area contributed by atoms with Gasteiger partial charge in [0.1, 0.15) is 12.1 Å². The van der Waals surface area contributed by atoms with Crippen LogP contribution >= 0.6 is 0 Å². The molecule has 1 heterocycles. The van der Waals surface area contributed by atoms with Crippen molar-refractivity contribution in [2.75, 3.05) is 12.3 Å². The number of sulfone groups is 1. The molecule has 5 rings (SSSR count). The second-order valence-corrected chi connectivity index (χ2v) is 20.0. The molecule has 5 N–H and O–H groups in total. The molecule has 47 heavy (non-hydrogen) atoms. The van der Waals surface area contributed by atoms with Gasteiger partial charge in [0, 0.05) is 6.54 Å². The van der Waals surface area contributed by atoms with Crippen LogP contribution in [0.25, 0.3) is 0 Å². The Bertz CT molecular complexity index is 1400. The van der Waals surface area contributed by atoms with Crippen molar-refractivity contribution in [3.8, 4) is 0 Å². The van der Waals surface area contributed by atoms with E-state index >= 15 is 0 Å². The van der Waals surface area contributed by atoms with Gasteiger partial charge in [0.2, 0.25) is 17.6 Å². The fraction of sp³-hybridized carbons (Fsp3) is 0.853. The average molecular weight is 678 g/mol. The van der Waals surface area contributed by atoms with Crippen LogP contribution in [0.3, 0.4) is 0 Å². The number of nitrogens with zero attached hydrogens (tertiary/aromatic N) is 1. The molecule has 4 saturated carbocycles. The summed E-state index contributed by atoms with van der Waals surface area (Å²) in [5.74, 6) is -2.60. The van der Waals surface area contributed by atoms with Gasteiger partial charge in [-0.25, -0.2) is 13.2 Å². The number of hydrogen-bond donors (Lipinski definition) is 4. The molecule has 1 saturated heterocycles. The van der Waals surface area contributed by atoms with Gasteiger partial charge in [0.15, 0.2) is 9.84 Å².